The fourth-order valence-corrected chi connectivity index (χ4v) is 5.48. The van der Waals surface area contributed by atoms with Crippen LogP contribution in [0.15, 0.2) is 39.0 Å². The van der Waals surface area contributed by atoms with Crippen molar-refractivity contribution in [3.8, 4) is 0 Å². The van der Waals surface area contributed by atoms with Crippen molar-refractivity contribution in [3.63, 3.8) is 0 Å². The van der Waals surface area contributed by atoms with E-state index < -0.39 is 0 Å². The number of benzene rings is 1. The third kappa shape index (κ3) is 3.40. The monoisotopic (exact) mass is 426 g/mol. The van der Waals surface area contributed by atoms with Gasteiger partial charge in [0.25, 0.3) is 11.1 Å². The number of H-pyrrole nitrogens is 1. The van der Waals surface area contributed by atoms with E-state index in [4.69, 9.17) is 9.97 Å². The lowest BCUT2D eigenvalue weighted by atomic mass is 10.2. The predicted molar refractivity (Wildman–Crippen MR) is 120 cm³/mol. The molecule has 1 aromatic carbocycles. The number of aryl methyl sites for hydroxylation is 2. The number of para-hydroxylation sites is 1. The van der Waals surface area contributed by atoms with Crippen LogP contribution in [0, 0.1) is 13.8 Å². The van der Waals surface area contributed by atoms with Crippen LogP contribution in [-0.2, 0) is 0 Å². The van der Waals surface area contributed by atoms with E-state index in [0.717, 1.165) is 15.3 Å². The predicted octanol–water partition coefficient (Wildman–Crippen LogP) is 4.75. The second-order valence-electron chi connectivity index (χ2n) is 7.36. The number of fused-ring (bicyclic) bond motifs is 2. The molecule has 8 heteroatoms. The van der Waals surface area contributed by atoms with E-state index in [1.807, 2.05) is 52.8 Å². The molecule has 0 aliphatic heterocycles. The molecule has 4 aromatic rings. The average Bonchev–Trinajstić information content (AvgIpc) is 2.95. The Kier molecular flexibility index (Phi) is 5.08. The highest BCUT2D eigenvalue weighted by atomic mass is 32.2. The highest BCUT2D eigenvalue weighted by molar-refractivity contribution is 7.99. The van der Waals surface area contributed by atoms with Gasteiger partial charge in [0.2, 0.25) is 0 Å². The summed E-state index contributed by atoms with van der Waals surface area (Å²) in [5, 5.41) is 1.72. The van der Waals surface area contributed by atoms with Gasteiger partial charge in [-0.3, -0.25) is 14.2 Å². The van der Waals surface area contributed by atoms with Crippen molar-refractivity contribution in [3.05, 3.63) is 61.2 Å². The topological polar surface area (TPSA) is 80.6 Å². The average molecular weight is 427 g/mol. The molecule has 150 valence electrons. The Bertz CT molecular complexity index is 1350. The Morgan fingerprint density at radius 3 is 2.55 bits per heavy atom. The summed E-state index contributed by atoms with van der Waals surface area (Å²) in [4.78, 5) is 39.9. The first-order valence-electron chi connectivity index (χ1n) is 9.45. The molecule has 0 aliphatic rings. The Hall–Kier alpha value is -2.45. The van der Waals surface area contributed by atoms with Gasteiger partial charge in [0.05, 0.1) is 21.5 Å². The first-order valence-corrected chi connectivity index (χ1v) is 11.2. The van der Waals surface area contributed by atoms with Crippen molar-refractivity contribution in [1.82, 2.24) is 19.5 Å². The zero-order chi connectivity index (χ0) is 20.9. The summed E-state index contributed by atoms with van der Waals surface area (Å²) in [6.07, 6.45) is 0. The number of aromatic amines is 1. The van der Waals surface area contributed by atoms with Crippen molar-refractivity contribution >= 4 is 44.2 Å². The van der Waals surface area contributed by atoms with Crippen molar-refractivity contribution < 1.29 is 0 Å². The smallest absolute Gasteiger partial charge is 0.262 e. The van der Waals surface area contributed by atoms with Crippen LogP contribution in [0.25, 0.3) is 21.1 Å². The fourth-order valence-electron chi connectivity index (χ4n) is 3.34. The maximum absolute atomic E-state index is 13.0. The number of nitrogens with one attached hydrogen (secondary N) is 1. The Morgan fingerprint density at radius 2 is 1.83 bits per heavy atom. The third-order valence-electron chi connectivity index (χ3n) is 5.02. The first kappa shape index (κ1) is 19.8. The van der Waals surface area contributed by atoms with E-state index in [-0.39, 0.29) is 22.4 Å². The lowest BCUT2D eigenvalue weighted by Crippen LogP contribution is -2.25. The third-order valence-corrected chi connectivity index (χ3v) is 7.19. The Balaban J connectivity index is 1.81. The molecule has 0 fully saturated rings. The SMILES string of the molecule is Cc1sc2nc(C(C)Sc3nc4ccccc4c(=O)n3C(C)C)[nH]c(=O)c2c1C. The van der Waals surface area contributed by atoms with Gasteiger partial charge in [0.1, 0.15) is 10.7 Å². The van der Waals surface area contributed by atoms with Crippen molar-refractivity contribution in [2.24, 2.45) is 0 Å². The molecule has 1 N–H and O–H groups in total. The molecule has 0 bridgehead atoms. The number of thiophene rings is 1. The summed E-state index contributed by atoms with van der Waals surface area (Å²) in [6, 6.07) is 7.34. The van der Waals surface area contributed by atoms with Crippen LogP contribution in [0.1, 0.15) is 48.3 Å². The fraction of sp³-hybridized carbons (Fsp3) is 0.333. The zero-order valence-corrected chi connectivity index (χ0v) is 18.6. The molecule has 0 amide bonds. The molecule has 0 spiro atoms. The largest absolute Gasteiger partial charge is 0.309 e. The van der Waals surface area contributed by atoms with Crippen LogP contribution in [-0.4, -0.2) is 19.5 Å². The van der Waals surface area contributed by atoms with E-state index in [9.17, 15) is 9.59 Å². The van der Waals surface area contributed by atoms with Gasteiger partial charge in [-0.25, -0.2) is 9.97 Å². The zero-order valence-electron chi connectivity index (χ0n) is 16.9. The molecule has 6 nitrogen and oxygen atoms in total. The molecule has 3 heterocycles. The maximum Gasteiger partial charge on any atom is 0.262 e. The van der Waals surface area contributed by atoms with Gasteiger partial charge in [-0.1, -0.05) is 23.9 Å². The van der Waals surface area contributed by atoms with Gasteiger partial charge in [0.15, 0.2) is 5.16 Å². The minimum absolute atomic E-state index is 0.0358. The van der Waals surface area contributed by atoms with E-state index in [2.05, 4.69) is 4.98 Å². The van der Waals surface area contributed by atoms with Gasteiger partial charge in [0, 0.05) is 10.9 Å². The summed E-state index contributed by atoms with van der Waals surface area (Å²) >= 11 is 2.96. The van der Waals surface area contributed by atoms with Crippen LogP contribution < -0.4 is 11.1 Å². The van der Waals surface area contributed by atoms with Gasteiger partial charge in [-0.05, 0) is 52.3 Å². The number of hydrogen-bond acceptors (Lipinski definition) is 6. The van der Waals surface area contributed by atoms with Gasteiger partial charge in [-0.2, -0.15) is 0 Å². The van der Waals surface area contributed by atoms with Crippen molar-refractivity contribution in [2.45, 2.75) is 51.1 Å². The Labute approximate surface area is 176 Å². The number of aromatic nitrogens is 4. The van der Waals surface area contributed by atoms with Crippen LogP contribution in [0.3, 0.4) is 0 Å². The van der Waals surface area contributed by atoms with Crippen molar-refractivity contribution in [1.29, 1.82) is 0 Å². The minimum atomic E-state index is -0.173. The van der Waals surface area contributed by atoms with E-state index in [0.29, 0.717) is 27.3 Å². The van der Waals surface area contributed by atoms with Crippen molar-refractivity contribution in [2.75, 3.05) is 0 Å². The summed E-state index contributed by atoms with van der Waals surface area (Å²) in [6.45, 7) is 9.85. The summed E-state index contributed by atoms with van der Waals surface area (Å²) in [5.41, 5.74) is 1.48. The molecular formula is C21H22N4O2S2. The molecule has 0 radical (unpaired) electrons. The standard InChI is InChI=1S/C21H22N4O2S2/c1-10(2)25-20(27)14-8-6-7-9-15(14)22-21(25)29-13(5)17-23-18(26)16-11(3)12(4)28-19(16)24-17/h6-10,13H,1-5H3,(H,23,24,26). The molecule has 1 atom stereocenters. The molecule has 1 unspecified atom stereocenters. The van der Waals surface area contributed by atoms with Crippen LogP contribution in [0.2, 0.25) is 0 Å². The maximum atomic E-state index is 13.0. The lowest BCUT2D eigenvalue weighted by Gasteiger charge is -2.18. The highest BCUT2D eigenvalue weighted by Crippen LogP contribution is 2.34. The molecule has 4 rings (SSSR count). The summed E-state index contributed by atoms with van der Waals surface area (Å²) in [7, 11) is 0. The van der Waals surface area contributed by atoms with Gasteiger partial charge < -0.3 is 4.98 Å². The minimum Gasteiger partial charge on any atom is -0.309 e. The molecule has 29 heavy (non-hydrogen) atoms. The van der Waals surface area contributed by atoms with E-state index in [1.165, 1.54) is 23.1 Å². The number of nitrogens with zero attached hydrogens (tertiary/aromatic N) is 3. The number of hydrogen-bond donors (Lipinski definition) is 1. The second-order valence-corrected chi connectivity index (χ2v) is 9.87. The normalized spacial score (nSPS) is 12.9. The van der Waals surface area contributed by atoms with Crippen LogP contribution in [0.5, 0.6) is 0 Å². The Morgan fingerprint density at radius 1 is 1.10 bits per heavy atom. The molecule has 0 saturated carbocycles. The molecular weight excluding hydrogens is 404 g/mol. The molecule has 0 aliphatic carbocycles. The molecule has 3 aromatic heterocycles. The number of thioether (sulfide) groups is 1. The van der Waals surface area contributed by atoms with Crippen LogP contribution >= 0.6 is 23.1 Å². The second kappa shape index (κ2) is 7.42. The quantitative estimate of drug-likeness (QED) is 0.376. The number of rotatable bonds is 4. The van der Waals surface area contributed by atoms with Gasteiger partial charge in [-0.15, -0.1) is 11.3 Å². The van der Waals surface area contributed by atoms with E-state index in [1.54, 1.807) is 10.6 Å². The van der Waals surface area contributed by atoms with Gasteiger partial charge >= 0.3 is 0 Å². The first-order chi connectivity index (χ1) is 13.8. The van der Waals surface area contributed by atoms with Crippen LogP contribution in [0.4, 0.5) is 0 Å². The lowest BCUT2D eigenvalue weighted by molar-refractivity contribution is 0.518. The molecule has 0 saturated heterocycles. The van der Waals surface area contributed by atoms with E-state index >= 15 is 0 Å². The summed E-state index contributed by atoms with van der Waals surface area (Å²) < 4.78 is 1.71. The summed E-state index contributed by atoms with van der Waals surface area (Å²) in [5.74, 6) is 0.589. The highest BCUT2D eigenvalue weighted by Gasteiger charge is 2.20.